The first-order valence-electron chi connectivity index (χ1n) is 8.03. The molecule has 1 aliphatic rings. The molecule has 0 unspecified atom stereocenters. The molecule has 2 heterocycles. The second-order valence-electron chi connectivity index (χ2n) is 5.81. The minimum Gasteiger partial charge on any atom is -0.493 e. The van der Waals surface area contributed by atoms with Gasteiger partial charge in [0.1, 0.15) is 0 Å². The summed E-state index contributed by atoms with van der Waals surface area (Å²) in [7, 11) is -0.245. The van der Waals surface area contributed by atoms with Crippen LogP contribution in [0.25, 0.3) is 17.0 Å². The molecule has 4 rings (SSSR count). The number of hydrogen-bond donors (Lipinski definition) is 1. The van der Waals surface area contributed by atoms with Gasteiger partial charge in [-0.3, -0.25) is 0 Å². The monoisotopic (exact) mass is 400 g/mol. The fraction of sp³-hybridized carbons (Fsp3) is 0.105. The molecule has 8 heteroatoms. The Morgan fingerprint density at radius 2 is 1.81 bits per heavy atom. The lowest BCUT2D eigenvalue weighted by atomic mass is 10.1. The molecule has 1 aromatic heterocycles. The van der Waals surface area contributed by atoms with Gasteiger partial charge in [-0.1, -0.05) is 18.2 Å². The topological polar surface area (TPSA) is 77.5 Å². The Balaban J connectivity index is 1.63. The molecule has 0 aliphatic carbocycles. The highest BCUT2D eigenvalue weighted by Crippen LogP contribution is 2.36. The number of methoxy groups -OCH3 is 2. The molecule has 0 spiro atoms. The minimum atomic E-state index is -3.42. The van der Waals surface area contributed by atoms with E-state index in [1.54, 1.807) is 32.4 Å². The predicted molar refractivity (Wildman–Crippen MR) is 106 cm³/mol. The number of sulfone groups is 1. The first kappa shape index (κ1) is 17.6. The first-order chi connectivity index (χ1) is 13.0. The summed E-state index contributed by atoms with van der Waals surface area (Å²) in [6.45, 7) is 0. The van der Waals surface area contributed by atoms with Gasteiger partial charge in [0.05, 0.1) is 35.9 Å². The maximum absolute atomic E-state index is 12.3. The number of aromatic nitrogens is 1. The van der Waals surface area contributed by atoms with E-state index in [9.17, 15) is 8.42 Å². The van der Waals surface area contributed by atoms with Crippen LogP contribution in [0, 0.1) is 0 Å². The van der Waals surface area contributed by atoms with Crippen LogP contribution in [-0.2, 0) is 9.84 Å². The van der Waals surface area contributed by atoms with E-state index in [0.29, 0.717) is 32.8 Å². The fourth-order valence-corrected chi connectivity index (χ4v) is 5.00. The third kappa shape index (κ3) is 3.17. The molecule has 0 bridgehead atoms. The quantitative estimate of drug-likeness (QED) is 0.697. The summed E-state index contributed by atoms with van der Waals surface area (Å²) >= 11 is 1.40. The van der Waals surface area contributed by atoms with Gasteiger partial charge in [-0.2, -0.15) is 0 Å². The number of rotatable bonds is 5. The van der Waals surface area contributed by atoms with E-state index in [-0.39, 0.29) is 0 Å². The van der Waals surface area contributed by atoms with E-state index < -0.39 is 9.84 Å². The Hall–Kier alpha value is -2.84. The van der Waals surface area contributed by atoms with E-state index in [4.69, 9.17) is 9.47 Å². The summed E-state index contributed by atoms with van der Waals surface area (Å²) in [4.78, 5) is 4.88. The Kier molecular flexibility index (Phi) is 4.37. The van der Waals surface area contributed by atoms with Crippen molar-refractivity contribution >= 4 is 32.0 Å². The Morgan fingerprint density at radius 3 is 2.59 bits per heavy atom. The van der Waals surface area contributed by atoms with Crippen LogP contribution in [0.15, 0.2) is 58.1 Å². The molecule has 0 atom stereocenters. The summed E-state index contributed by atoms with van der Waals surface area (Å²) in [5.41, 5.74) is 2.82. The summed E-state index contributed by atoms with van der Waals surface area (Å²) in [6, 6.07) is 12.5. The average molecular weight is 400 g/mol. The van der Waals surface area contributed by atoms with Gasteiger partial charge < -0.3 is 14.8 Å². The lowest BCUT2D eigenvalue weighted by Crippen LogP contribution is -1.96. The van der Waals surface area contributed by atoms with Gasteiger partial charge >= 0.3 is 0 Å². The van der Waals surface area contributed by atoms with Gasteiger partial charge in [-0.15, -0.1) is 11.3 Å². The van der Waals surface area contributed by atoms with Gasteiger partial charge in [0.2, 0.25) is 9.84 Å². The van der Waals surface area contributed by atoms with E-state index in [1.165, 1.54) is 16.7 Å². The van der Waals surface area contributed by atoms with Crippen LogP contribution in [0.3, 0.4) is 0 Å². The van der Waals surface area contributed by atoms with Crippen molar-refractivity contribution in [3.8, 4) is 22.8 Å². The van der Waals surface area contributed by atoms with Crippen molar-refractivity contribution in [2.75, 3.05) is 19.5 Å². The molecule has 0 fully saturated rings. The summed E-state index contributed by atoms with van der Waals surface area (Å²) in [6.07, 6.45) is 0. The molecular weight excluding hydrogens is 384 g/mol. The second kappa shape index (κ2) is 6.71. The predicted octanol–water partition coefficient (Wildman–Crippen LogP) is 4.03. The molecule has 138 valence electrons. The molecule has 0 amide bonds. The minimum absolute atomic E-state index is 0.309. The van der Waals surface area contributed by atoms with Gasteiger partial charge in [-0.05, 0) is 24.3 Å². The average Bonchev–Trinajstić information content (AvgIpc) is 3.24. The van der Waals surface area contributed by atoms with Crippen molar-refractivity contribution in [2.24, 2.45) is 0 Å². The summed E-state index contributed by atoms with van der Waals surface area (Å²) in [5.74, 6) is 1.27. The van der Waals surface area contributed by atoms with Crippen LogP contribution in [0.2, 0.25) is 0 Å². The van der Waals surface area contributed by atoms with Crippen molar-refractivity contribution in [3.05, 3.63) is 58.8 Å². The van der Waals surface area contributed by atoms with Crippen molar-refractivity contribution in [1.29, 1.82) is 0 Å². The smallest absolute Gasteiger partial charge is 0.202 e. The number of ether oxygens (including phenoxy) is 2. The fourth-order valence-electron chi connectivity index (χ4n) is 2.89. The molecular formula is C19H16N2O4S2. The molecule has 0 saturated carbocycles. The molecule has 1 aliphatic heterocycles. The van der Waals surface area contributed by atoms with Crippen molar-refractivity contribution in [1.82, 2.24) is 4.98 Å². The highest BCUT2D eigenvalue weighted by molar-refractivity contribution is 7.95. The van der Waals surface area contributed by atoms with Crippen molar-refractivity contribution < 1.29 is 17.9 Å². The number of hydrogen-bond acceptors (Lipinski definition) is 7. The molecule has 2 aromatic carbocycles. The van der Waals surface area contributed by atoms with Crippen LogP contribution < -0.4 is 14.8 Å². The van der Waals surface area contributed by atoms with E-state index >= 15 is 0 Å². The standard InChI is InChI=1S/C19H16N2O4S2/c1-24-16-8-7-12(9-17(16)25-2)14-10-26-19(20-14)21-15-11-27(22,23)18-6-4-3-5-13(15)18/h3-11H,1-2H3,(H,20,21). The van der Waals surface area contributed by atoms with Gasteiger partial charge in [0.15, 0.2) is 16.6 Å². The Morgan fingerprint density at radius 1 is 1.04 bits per heavy atom. The highest BCUT2D eigenvalue weighted by atomic mass is 32.2. The number of benzene rings is 2. The van der Waals surface area contributed by atoms with Crippen LogP contribution in [0.1, 0.15) is 5.56 Å². The largest absolute Gasteiger partial charge is 0.493 e. The number of nitrogens with one attached hydrogen (secondary N) is 1. The van der Waals surface area contributed by atoms with Gasteiger partial charge in [-0.25, -0.2) is 13.4 Å². The number of anilines is 1. The first-order valence-corrected chi connectivity index (χ1v) is 10.5. The van der Waals surface area contributed by atoms with Crippen molar-refractivity contribution in [3.63, 3.8) is 0 Å². The maximum Gasteiger partial charge on any atom is 0.202 e. The lowest BCUT2D eigenvalue weighted by Gasteiger charge is -2.08. The van der Waals surface area contributed by atoms with Crippen LogP contribution in [0.4, 0.5) is 5.13 Å². The molecule has 27 heavy (non-hydrogen) atoms. The van der Waals surface area contributed by atoms with E-state index in [1.807, 2.05) is 29.6 Å². The zero-order chi connectivity index (χ0) is 19.0. The molecule has 3 aromatic rings. The molecule has 0 radical (unpaired) electrons. The number of thiazole rings is 1. The van der Waals surface area contributed by atoms with Gasteiger partial charge in [0, 0.05) is 16.5 Å². The van der Waals surface area contributed by atoms with Crippen LogP contribution >= 0.6 is 11.3 Å². The van der Waals surface area contributed by atoms with E-state index in [2.05, 4.69) is 10.3 Å². The zero-order valence-corrected chi connectivity index (χ0v) is 16.2. The van der Waals surface area contributed by atoms with Crippen molar-refractivity contribution in [2.45, 2.75) is 4.90 Å². The third-order valence-corrected chi connectivity index (χ3v) is 6.45. The lowest BCUT2D eigenvalue weighted by molar-refractivity contribution is 0.355. The molecule has 0 saturated heterocycles. The van der Waals surface area contributed by atoms with Gasteiger partial charge in [0.25, 0.3) is 0 Å². The van der Waals surface area contributed by atoms with Crippen LogP contribution in [-0.4, -0.2) is 27.6 Å². The Labute approximate surface area is 161 Å². The highest BCUT2D eigenvalue weighted by Gasteiger charge is 2.27. The zero-order valence-electron chi connectivity index (χ0n) is 14.6. The third-order valence-electron chi connectivity index (χ3n) is 4.18. The number of nitrogens with zero attached hydrogens (tertiary/aromatic N) is 1. The number of fused-ring (bicyclic) bond motifs is 1. The molecule has 6 nitrogen and oxygen atoms in total. The summed E-state index contributed by atoms with van der Waals surface area (Å²) in [5, 5.41) is 6.88. The van der Waals surface area contributed by atoms with Crippen LogP contribution in [0.5, 0.6) is 11.5 Å². The van der Waals surface area contributed by atoms with E-state index in [0.717, 1.165) is 11.3 Å². The SMILES string of the molecule is COc1ccc(-c2csc(NC3=CS(=O)(=O)c4ccccc43)n2)cc1OC. The normalized spacial score (nSPS) is 14.4. The summed E-state index contributed by atoms with van der Waals surface area (Å²) < 4.78 is 35.1. The maximum atomic E-state index is 12.3. The Bertz CT molecular complexity index is 1150. The molecule has 1 N–H and O–H groups in total. The second-order valence-corrected chi connectivity index (χ2v) is 8.43.